The molecule has 3 rings (SSSR count). The van der Waals surface area contributed by atoms with Gasteiger partial charge in [-0.15, -0.1) is 0 Å². The van der Waals surface area contributed by atoms with Crippen LogP contribution in [0, 0.1) is 5.82 Å². The van der Waals surface area contributed by atoms with Crippen LogP contribution in [-0.2, 0) is 11.3 Å². The second-order valence-corrected chi connectivity index (χ2v) is 7.83. The number of ether oxygens (including phenoxy) is 2. The first kappa shape index (κ1) is 22.6. The van der Waals surface area contributed by atoms with E-state index in [1.54, 1.807) is 36.4 Å². The minimum absolute atomic E-state index is 0.0568. The maximum absolute atomic E-state index is 14.1. The zero-order valence-corrected chi connectivity index (χ0v) is 17.8. The molecule has 1 atom stereocenters. The summed E-state index contributed by atoms with van der Waals surface area (Å²) in [5.74, 6) is -2.05. The first-order valence-corrected chi connectivity index (χ1v) is 10.0. The molecule has 0 aliphatic heterocycles. The van der Waals surface area contributed by atoms with E-state index in [0.717, 1.165) is 0 Å². The highest BCUT2D eigenvalue weighted by molar-refractivity contribution is 9.10. The fraction of sp³-hybridized carbons (Fsp3) is 0.182. The zero-order valence-electron chi connectivity index (χ0n) is 15.4. The van der Waals surface area contributed by atoms with E-state index in [0.29, 0.717) is 20.8 Å². The lowest BCUT2D eigenvalue weighted by molar-refractivity contribution is -0.163. The van der Waals surface area contributed by atoms with Crippen LogP contribution in [0.5, 0.6) is 11.5 Å². The Balaban J connectivity index is 1.67. The van der Waals surface area contributed by atoms with Crippen LogP contribution in [0.4, 0.5) is 17.6 Å². The first-order valence-electron chi connectivity index (χ1n) is 8.84. The molecule has 0 radical (unpaired) electrons. The van der Waals surface area contributed by atoms with Crippen molar-refractivity contribution in [3.63, 3.8) is 0 Å². The van der Waals surface area contributed by atoms with Gasteiger partial charge in [0.1, 0.15) is 11.7 Å². The van der Waals surface area contributed by atoms with Crippen molar-refractivity contribution in [2.45, 2.75) is 18.7 Å². The van der Waals surface area contributed by atoms with Crippen LogP contribution in [-0.4, -0.2) is 12.8 Å². The largest absolute Gasteiger partial charge is 0.454 e. The van der Waals surface area contributed by atoms with Gasteiger partial charge in [0.15, 0.2) is 11.6 Å². The highest BCUT2D eigenvalue weighted by atomic mass is 79.9. The summed E-state index contributed by atoms with van der Waals surface area (Å²) >= 11 is 9.02. The van der Waals surface area contributed by atoms with E-state index in [2.05, 4.69) is 15.9 Å². The van der Waals surface area contributed by atoms with E-state index in [4.69, 9.17) is 21.1 Å². The van der Waals surface area contributed by atoms with Crippen LogP contribution in [0.3, 0.4) is 0 Å². The van der Waals surface area contributed by atoms with Gasteiger partial charge in [-0.1, -0.05) is 45.7 Å². The first-order chi connectivity index (χ1) is 14.2. The Bertz CT molecular complexity index is 976. The van der Waals surface area contributed by atoms with Crippen LogP contribution in [0.2, 0.25) is 5.02 Å². The lowest BCUT2D eigenvalue weighted by Crippen LogP contribution is -2.25. The minimum Gasteiger partial charge on any atom is -0.454 e. The number of hydrogen-bond acceptors (Lipinski definition) is 2. The monoisotopic (exact) mass is 502 g/mol. The predicted molar refractivity (Wildman–Crippen MR) is 111 cm³/mol. The number of rotatable bonds is 7. The van der Waals surface area contributed by atoms with Crippen molar-refractivity contribution in [2.24, 2.45) is 0 Å². The second kappa shape index (κ2) is 9.81. The van der Waals surface area contributed by atoms with E-state index in [-0.39, 0.29) is 17.9 Å². The van der Waals surface area contributed by atoms with Gasteiger partial charge in [0.2, 0.25) is 0 Å². The van der Waals surface area contributed by atoms with E-state index in [1.807, 2.05) is 0 Å². The van der Waals surface area contributed by atoms with Gasteiger partial charge >= 0.3 is 6.18 Å². The SMILES string of the molecule is Fc1ccc(COCC(c2ccc(Br)cc2)C(F)(F)F)cc1Oc1ccc(Cl)cc1. The number of benzene rings is 3. The quantitative estimate of drug-likeness (QED) is 0.305. The molecule has 0 aliphatic carbocycles. The normalized spacial score (nSPS) is 12.6. The molecule has 1 unspecified atom stereocenters. The van der Waals surface area contributed by atoms with Crippen molar-refractivity contribution < 1.29 is 27.0 Å². The van der Waals surface area contributed by atoms with Crippen LogP contribution in [0.15, 0.2) is 71.2 Å². The van der Waals surface area contributed by atoms with Crippen LogP contribution in [0.1, 0.15) is 17.0 Å². The third kappa shape index (κ3) is 6.20. The second-order valence-electron chi connectivity index (χ2n) is 6.48. The summed E-state index contributed by atoms with van der Waals surface area (Å²) < 4.78 is 65.9. The van der Waals surface area contributed by atoms with Crippen molar-refractivity contribution >= 4 is 27.5 Å². The lowest BCUT2D eigenvalue weighted by Gasteiger charge is -2.21. The summed E-state index contributed by atoms with van der Waals surface area (Å²) in [5, 5.41) is 0.509. The Morgan fingerprint density at radius 3 is 2.23 bits per heavy atom. The molecule has 0 bridgehead atoms. The van der Waals surface area contributed by atoms with Gasteiger partial charge in [-0.2, -0.15) is 13.2 Å². The molecule has 0 aliphatic rings. The van der Waals surface area contributed by atoms with Crippen molar-refractivity contribution in [3.8, 4) is 11.5 Å². The average molecular weight is 504 g/mol. The molecule has 158 valence electrons. The molecule has 8 heteroatoms. The van der Waals surface area contributed by atoms with Gasteiger partial charge in [0, 0.05) is 9.50 Å². The van der Waals surface area contributed by atoms with Crippen LogP contribution < -0.4 is 4.74 Å². The van der Waals surface area contributed by atoms with E-state index >= 15 is 0 Å². The van der Waals surface area contributed by atoms with Crippen LogP contribution >= 0.6 is 27.5 Å². The summed E-state index contributed by atoms with van der Waals surface area (Å²) in [4.78, 5) is 0. The van der Waals surface area contributed by atoms with Crippen molar-refractivity contribution in [3.05, 3.63) is 93.2 Å². The highest BCUT2D eigenvalue weighted by Gasteiger charge is 2.40. The van der Waals surface area contributed by atoms with Crippen LogP contribution in [0.25, 0.3) is 0 Å². The smallest absolute Gasteiger partial charge is 0.397 e. The molecule has 30 heavy (non-hydrogen) atoms. The van der Waals surface area contributed by atoms with Gasteiger partial charge in [-0.05, 0) is 59.7 Å². The summed E-state index contributed by atoms with van der Waals surface area (Å²) in [5.41, 5.74) is 0.591. The van der Waals surface area contributed by atoms with E-state index < -0.39 is 24.5 Å². The molecule has 0 fully saturated rings. The molecular weight excluding hydrogens is 488 g/mol. The Morgan fingerprint density at radius 2 is 1.60 bits per heavy atom. The standard InChI is InChI=1S/C22H16BrClF4O2/c23-16-4-2-15(3-5-16)19(22(26,27)28)13-29-12-14-1-10-20(25)21(11-14)30-18-8-6-17(24)7-9-18/h1-11,19H,12-13H2. The number of halogens is 6. The Morgan fingerprint density at radius 1 is 0.933 bits per heavy atom. The molecule has 0 heterocycles. The number of hydrogen-bond donors (Lipinski definition) is 0. The van der Waals surface area contributed by atoms with Crippen molar-refractivity contribution in [1.82, 2.24) is 0 Å². The fourth-order valence-corrected chi connectivity index (χ4v) is 3.11. The Hall–Kier alpha value is -2.09. The Kier molecular flexibility index (Phi) is 7.39. The van der Waals surface area contributed by atoms with Gasteiger partial charge in [-0.3, -0.25) is 0 Å². The summed E-state index contributed by atoms with van der Waals surface area (Å²) in [6.07, 6.45) is -4.46. The number of alkyl halides is 3. The van der Waals surface area contributed by atoms with Gasteiger partial charge in [0.05, 0.1) is 13.2 Å². The van der Waals surface area contributed by atoms with E-state index in [1.165, 1.54) is 30.3 Å². The zero-order chi connectivity index (χ0) is 21.7. The third-order valence-corrected chi connectivity index (χ3v) is 5.04. The minimum atomic E-state index is -4.46. The molecule has 0 saturated heterocycles. The molecule has 0 amide bonds. The third-order valence-electron chi connectivity index (χ3n) is 4.26. The van der Waals surface area contributed by atoms with Crippen molar-refractivity contribution in [1.29, 1.82) is 0 Å². The molecule has 0 N–H and O–H groups in total. The summed E-state index contributed by atoms with van der Waals surface area (Å²) in [6, 6.07) is 16.3. The molecule has 3 aromatic carbocycles. The van der Waals surface area contributed by atoms with Gasteiger partial charge in [0.25, 0.3) is 0 Å². The molecular formula is C22H16BrClF4O2. The summed E-state index contributed by atoms with van der Waals surface area (Å²) in [6.45, 7) is -0.684. The van der Waals surface area contributed by atoms with E-state index in [9.17, 15) is 17.6 Å². The predicted octanol–water partition coefficient (Wildman–Crippen LogP) is 7.90. The topological polar surface area (TPSA) is 18.5 Å². The Labute approximate surface area is 184 Å². The molecule has 3 aromatic rings. The lowest BCUT2D eigenvalue weighted by atomic mass is 9.99. The molecule has 0 saturated carbocycles. The maximum Gasteiger partial charge on any atom is 0.397 e. The van der Waals surface area contributed by atoms with Gasteiger partial charge in [-0.25, -0.2) is 4.39 Å². The van der Waals surface area contributed by atoms with Crippen molar-refractivity contribution in [2.75, 3.05) is 6.61 Å². The maximum atomic E-state index is 14.1. The molecule has 0 aromatic heterocycles. The van der Waals surface area contributed by atoms with Gasteiger partial charge < -0.3 is 9.47 Å². The molecule has 0 spiro atoms. The highest BCUT2D eigenvalue weighted by Crippen LogP contribution is 2.36. The fourth-order valence-electron chi connectivity index (χ4n) is 2.71. The molecule has 2 nitrogen and oxygen atoms in total. The average Bonchev–Trinajstić information content (AvgIpc) is 2.69. The summed E-state index contributed by atoms with van der Waals surface area (Å²) in [7, 11) is 0.